The van der Waals surface area contributed by atoms with Gasteiger partial charge in [0.05, 0.1) is 17.9 Å². The molecule has 206 valence electrons. The van der Waals surface area contributed by atoms with Crippen LogP contribution in [0.25, 0.3) is 0 Å². The number of hydrogen-bond acceptors (Lipinski definition) is 8. The molecule has 3 atom stereocenters. The summed E-state index contributed by atoms with van der Waals surface area (Å²) in [6.45, 7) is 7.28. The van der Waals surface area contributed by atoms with E-state index in [-0.39, 0.29) is 34.1 Å². The summed E-state index contributed by atoms with van der Waals surface area (Å²) in [5, 5.41) is 5.56. The number of aromatic nitrogens is 2. The number of benzene rings is 1. The maximum Gasteiger partial charge on any atom is 0.422 e. The Morgan fingerprint density at radius 3 is 2.47 bits per heavy atom. The summed E-state index contributed by atoms with van der Waals surface area (Å²) in [6, 6.07) is 3.75. The minimum atomic E-state index is -4.55. The van der Waals surface area contributed by atoms with Gasteiger partial charge >= 0.3 is 6.18 Å². The van der Waals surface area contributed by atoms with E-state index in [0.29, 0.717) is 0 Å². The second-order valence-corrected chi connectivity index (χ2v) is 10.9. The first-order chi connectivity index (χ1) is 17.5. The summed E-state index contributed by atoms with van der Waals surface area (Å²) in [5.41, 5.74) is 4.94. The Balaban J connectivity index is 1.86. The van der Waals surface area contributed by atoms with E-state index in [0.717, 1.165) is 30.2 Å². The number of thioether (sulfide) groups is 1. The molecular weight excluding hydrogens is 528 g/mol. The molecule has 2 heterocycles. The lowest BCUT2D eigenvalue weighted by Gasteiger charge is -2.46. The van der Waals surface area contributed by atoms with Gasteiger partial charge in [-0.3, -0.25) is 14.6 Å². The average molecular weight is 557 g/mol. The number of amides is 2. The van der Waals surface area contributed by atoms with Crippen molar-refractivity contribution >= 4 is 34.4 Å². The molecule has 0 radical (unpaired) electrons. The number of hydrogen-bond donors (Lipinski definition) is 3. The van der Waals surface area contributed by atoms with E-state index < -0.39 is 46.6 Å². The van der Waals surface area contributed by atoms with Crippen LogP contribution in [0.3, 0.4) is 0 Å². The molecule has 0 spiro atoms. The number of anilines is 1. The van der Waals surface area contributed by atoms with Crippen LogP contribution in [0.1, 0.15) is 50.7 Å². The average Bonchev–Trinajstić information content (AvgIpc) is 2.81. The Hall–Kier alpha value is -3.42. The summed E-state index contributed by atoms with van der Waals surface area (Å²) in [5.74, 6) is -2.54. The number of alkyl halides is 3. The van der Waals surface area contributed by atoms with Gasteiger partial charge in [0.1, 0.15) is 16.3 Å². The SMILES string of the molecule is CC(C)NC(=O)[C@@]1(C)SC(N)=N[C@](C)(c2cc(NC(=O)c3cnc(OCC(F)(F)F)cn3)ccc2F)C1C. The molecule has 4 N–H and O–H groups in total. The summed E-state index contributed by atoms with van der Waals surface area (Å²) < 4.78 is 55.5. The number of carbonyl (C=O) groups excluding carboxylic acids is 2. The minimum absolute atomic E-state index is 0.108. The molecule has 0 aliphatic carbocycles. The molecule has 1 aromatic heterocycles. The number of carbonyl (C=O) groups is 2. The van der Waals surface area contributed by atoms with Crippen molar-refractivity contribution < 1.29 is 31.9 Å². The van der Waals surface area contributed by atoms with Gasteiger partial charge in [-0.1, -0.05) is 18.7 Å². The topological polar surface area (TPSA) is 132 Å². The highest BCUT2D eigenvalue weighted by atomic mass is 32.2. The predicted octanol–water partition coefficient (Wildman–Crippen LogP) is 4.01. The molecule has 0 bridgehead atoms. The van der Waals surface area contributed by atoms with Gasteiger partial charge in [-0.15, -0.1) is 0 Å². The maximum atomic E-state index is 15.2. The van der Waals surface area contributed by atoms with Crippen LogP contribution in [0.2, 0.25) is 0 Å². The molecule has 1 aromatic carbocycles. The lowest BCUT2D eigenvalue weighted by molar-refractivity contribution is -0.154. The van der Waals surface area contributed by atoms with E-state index in [1.165, 1.54) is 12.1 Å². The molecule has 14 heteroatoms. The van der Waals surface area contributed by atoms with Gasteiger partial charge in [0.15, 0.2) is 11.8 Å². The van der Waals surface area contributed by atoms with Gasteiger partial charge in [-0.05, 0) is 45.9 Å². The van der Waals surface area contributed by atoms with Crippen molar-refractivity contribution in [2.75, 3.05) is 11.9 Å². The molecule has 1 aliphatic rings. The van der Waals surface area contributed by atoms with Gasteiger partial charge in [-0.25, -0.2) is 14.4 Å². The molecule has 0 saturated carbocycles. The van der Waals surface area contributed by atoms with Crippen LogP contribution in [-0.4, -0.2) is 50.5 Å². The van der Waals surface area contributed by atoms with Crippen LogP contribution in [-0.2, 0) is 10.3 Å². The van der Waals surface area contributed by atoms with Crippen LogP contribution in [0.15, 0.2) is 35.6 Å². The van der Waals surface area contributed by atoms with Crippen LogP contribution < -0.4 is 21.1 Å². The Kier molecular flexibility index (Phi) is 8.24. The number of amidine groups is 1. The van der Waals surface area contributed by atoms with Crippen molar-refractivity contribution in [3.8, 4) is 5.88 Å². The van der Waals surface area contributed by atoms with Gasteiger partial charge in [0, 0.05) is 23.2 Å². The largest absolute Gasteiger partial charge is 0.467 e. The van der Waals surface area contributed by atoms with E-state index in [4.69, 9.17) is 5.73 Å². The van der Waals surface area contributed by atoms with E-state index in [2.05, 4.69) is 30.3 Å². The number of nitrogens with zero attached hydrogens (tertiary/aromatic N) is 3. The lowest BCUT2D eigenvalue weighted by atomic mass is 9.73. The summed E-state index contributed by atoms with van der Waals surface area (Å²) in [6.07, 6.45) is -2.70. The molecule has 1 aliphatic heterocycles. The number of aliphatic imine (C=N–C) groups is 1. The summed E-state index contributed by atoms with van der Waals surface area (Å²) in [7, 11) is 0. The lowest BCUT2D eigenvalue weighted by Crippen LogP contribution is -2.57. The zero-order valence-corrected chi connectivity index (χ0v) is 22.1. The molecule has 3 rings (SSSR count). The van der Waals surface area contributed by atoms with Gasteiger partial charge in [0.25, 0.3) is 5.91 Å². The predicted molar refractivity (Wildman–Crippen MR) is 135 cm³/mol. The first-order valence-corrected chi connectivity index (χ1v) is 12.3. The quantitative estimate of drug-likeness (QED) is 0.439. The Labute approximate surface area is 221 Å². The standard InChI is InChI=1S/C24H28F4N6O3S/c1-12(2)32-20(36)23(5)13(3)22(4,34-21(29)38-23)15-8-14(6-7-16(15)25)33-19(35)17-9-31-18(10-30-17)37-11-24(26,27)28/h6-10,12-13H,11H2,1-5H3,(H2,29,34)(H,32,36)(H,33,35)/t13?,22-,23-/m0/s1. The second kappa shape index (κ2) is 10.8. The highest BCUT2D eigenvalue weighted by Crippen LogP contribution is 2.50. The first-order valence-electron chi connectivity index (χ1n) is 11.5. The molecule has 2 aromatic rings. The normalized spacial score (nSPS) is 23.5. The minimum Gasteiger partial charge on any atom is -0.467 e. The molecule has 38 heavy (non-hydrogen) atoms. The molecule has 1 unspecified atom stereocenters. The van der Waals surface area contributed by atoms with Crippen LogP contribution in [0.4, 0.5) is 23.2 Å². The fourth-order valence-electron chi connectivity index (χ4n) is 3.98. The van der Waals surface area contributed by atoms with Crippen LogP contribution >= 0.6 is 11.8 Å². The Morgan fingerprint density at radius 1 is 1.21 bits per heavy atom. The highest BCUT2D eigenvalue weighted by Gasteiger charge is 2.54. The molecule has 0 fully saturated rings. The zero-order chi connectivity index (χ0) is 28.5. The third-order valence-electron chi connectivity index (χ3n) is 6.21. The van der Waals surface area contributed by atoms with E-state index >= 15 is 4.39 Å². The van der Waals surface area contributed by atoms with Gasteiger partial charge in [0.2, 0.25) is 11.8 Å². The monoisotopic (exact) mass is 556 g/mol. The Morgan fingerprint density at radius 2 is 1.89 bits per heavy atom. The van der Waals surface area contributed by atoms with E-state index in [1.807, 2.05) is 13.8 Å². The van der Waals surface area contributed by atoms with E-state index in [1.54, 1.807) is 20.8 Å². The number of halogens is 4. The molecule has 0 saturated heterocycles. The third-order valence-corrected chi connectivity index (χ3v) is 7.48. The van der Waals surface area contributed by atoms with Crippen molar-refractivity contribution in [3.63, 3.8) is 0 Å². The summed E-state index contributed by atoms with van der Waals surface area (Å²) in [4.78, 5) is 37.7. The number of nitrogens with one attached hydrogen (secondary N) is 2. The highest BCUT2D eigenvalue weighted by molar-refractivity contribution is 8.15. The van der Waals surface area contributed by atoms with Crippen molar-refractivity contribution in [3.05, 3.63) is 47.7 Å². The van der Waals surface area contributed by atoms with Crippen molar-refractivity contribution in [2.45, 2.75) is 57.1 Å². The second-order valence-electron chi connectivity index (χ2n) is 9.45. The Bertz CT molecular complexity index is 1240. The molecule has 2 amide bonds. The van der Waals surface area contributed by atoms with Gasteiger partial charge in [-0.2, -0.15) is 13.2 Å². The fourth-order valence-corrected chi connectivity index (χ4v) is 5.21. The number of nitrogens with two attached hydrogens (primary N) is 1. The summed E-state index contributed by atoms with van der Waals surface area (Å²) >= 11 is 1.10. The van der Waals surface area contributed by atoms with Gasteiger partial charge < -0.3 is 21.1 Å². The van der Waals surface area contributed by atoms with Crippen LogP contribution in [0, 0.1) is 11.7 Å². The third kappa shape index (κ3) is 6.34. The van der Waals surface area contributed by atoms with E-state index in [9.17, 15) is 22.8 Å². The van der Waals surface area contributed by atoms with Crippen molar-refractivity contribution in [2.24, 2.45) is 16.6 Å². The van der Waals surface area contributed by atoms with Crippen LogP contribution in [0.5, 0.6) is 5.88 Å². The smallest absolute Gasteiger partial charge is 0.422 e. The first kappa shape index (κ1) is 29.1. The molecule has 9 nitrogen and oxygen atoms in total. The number of rotatable bonds is 7. The van der Waals surface area contributed by atoms with Crippen molar-refractivity contribution in [1.29, 1.82) is 0 Å². The maximum absolute atomic E-state index is 15.2. The molecular formula is C24H28F4N6O3S. The zero-order valence-electron chi connectivity index (χ0n) is 21.3. The fraction of sp³-hybridized carbons (Fsp3) is 0.458. The number of ether oxygens (including phenoxy) is 1. The van der Waals surface area contributed by atoms with Crippen molar-refractivity contribution in [1.82, 2.24) is 15.3 Å².